The van der Waals surface area contributed by atoms with Crippen LogP contribution < -0.4 is 10.5 Å². The van der Waals surface area contributed by atoms with Crippen LogP contribution in [0.3, 0.4) is 0 Å². The summed E-state index contributed by atoms with van der Waals surface area (Å²) < 4.78 is 18.5. The summed E-state index contributed by atoms with van der Waals surface area (Å²) in [6.07, 6.45) is 0.764. The van der Waals surface area contributed by atoms with Crippen LogP contribution in [0.4, 0.5) is 4.39 Å². The van der Waals surface area contributed by atoms with Crippen LogP contribution in [-0.4, -0.2) is 6.54 Å². The Morgan fingerprint density at radius 1 is 1.17 bits per heavy atom. The SMILES string of the molecule is NCCc1ccc(Oc2cccc(F)c2)c(Cl)c1. The molecule has 2 aromatic rings. The van der Waals surface area contributed by atoms with Crippen molar-refractivity contribution in [3.8, 4) is 11.5 Å². The molecule has 0 fully saturated rings. The summed E-state index contributed by atoms with van der Waals surface area (Å²) in [5.41, 5.74) is 6.52. The van der Waals surface area contributed by atoms with E-state index in [1.165, 1.54) is 12.1 Å². The second kappa shape index (κ2) is 5.85. The van der Waals surface area contributed by atoms with E-state index in [4.69, 9.17) is 22.1 Å². The van der Waals surface area contributed by atoms with E-state index >= 15 is 0 Å². The molecule has 4 heteroatoms. The molecule has 0 radical (unpaired) electrons. The molecule has 0 aromatic heterocycles. The van der Waals surface area contributed by atoms with Crippen molar-refractivity contribution in [2.75, 3.05) is 6.54 Å². The number of ether oxygens (including phenoxy) is 1. The van der Waals surface area contributed by atoms with Gasteiger partial charge in [-0.3, -0.25) is 0 Å². The Hall–Kier alpha value is -1.58. The first-order chi connectivity index (χ1) is 8.69. The monoisotopic (exact) mass is 265 g/mol. The maximum absolute atomic E-state index is 13.0. The molecule has 94 valence electrons. The first-order valence-corrected chi connectivity index (χ1v) is 5.99. The molecule has 0 amide bonds. The normalized spacial score (nSPS) is 10.4. The van der Waals surface area contributed by atoms with Crippen LogP contribution in [0.2, 0.25) is 5.02 Å². The van der Waals surface area contributed by atoms with E-state index in [0.29, 0.717) is 23.1 Å². The van der Waals surface area contributed by atoms with Gasteiger partial charge in [0.05, 0.1) is 5.02 Å². The molecule has 18 heavy (non-hydrogen) atoms. The van der Waals surface area contributed by atoms with Gasteiger partial charge in [0.25, 0.3) is 0 Å². The lowest BCUT2D eigenvalue weighted by Crippen LogP contribution is -2.02. The molecule has 0 bridgehead atoms. The number of halogens is 2. The van der Waals surface area contributed by atoms with E-state index < -0.39 is 0 Å². The van der Waals surface area contributed by atoms with E-state index in [1.54, 1.807) is 18.2 Å². The Balaban J connectivity index is 2.19. The summed E-state index contributed by atoms with van der Waals surface area (Å²) in [7, 11) is 0. The van der Waals surface area contributed by atoms with E-state index in [0.717, 1.165) is 12.0 Å². The number of benzene rings is 2. The molecule has 2 nitrogen and oxygen atoms in total. The summed E-state index contributed by atoms with van der Waals surface area (Å²) in [4.78, 5) is 0. The zero-order valence-electron chi connectivity index (χ0n) is 9.70. The summed E-state index contributed by atoms with van der Waals surface area (Å²) in [5, 5.41) is 0.491. The second-order valence-electron chi connectivity index (χ2n) is 3.86. The minimum Gasteiger partial charge on any atom is -0.456 e. The molecule has 0 saturated carbocycles. The van der Waals surface area contributed by atoms with Crippen LogP contribution in [0.1, 0.15) is 5.56 Å². The smallest absolute Gasteiger partial charge is 0.146 e. The fraction of sp³-hybridized carbons (Fsp3) is 0.143. The Morgan fingerprint density at radius 3 is 2.67 bits per heavy atom. The minimum absolute atomic E-state index is 0.344. The Bertz CT molecular complexity index is 545. The van der Waals surface area contributed by atoms with Crippen LogP contribution in [0.15, 0.2) is 42.5 Å². The average Bonchev–Trinajstić information content (AvgIpc) is 2.33. The Kier molecular flexibility index (Phi) is 4.18. The molecule has 0 saturated heterocycles. The third-order valence-electron chi connectivity index (χ3n) is 2.45. The first kappa shape index (κ1) is 12.9. The number of nitrogens with two attached hydrogens (primary N) is 1. The summed E-state index contributed by atoms with van der Waals surface area (Å²) in [6, 6.07) is 11.4. The topological polar surface area (TPSA) is 35.2 Å². The van der Waals surface area contributed by atoms with E-state index in [2.05, 4.69) is 0 Å². The molecule has 0 spiro atoms. The third-order valence-corrected chi connectivity index (χ3v) is 2.75. The molecular formula is C14H13ClFNO. The first-order valence-electron chi connectivity index (χ1n) is 5.61. The van der Waals surface area contributed by atoms with Crippen molar-refractivity contribution in [1.82, 2.24) is 0 Å². The highest BCUT2D eigenvalue weighted by atomic mass is 35.5. The summed E-state index contributed by atoms with van der Waals surface area (Å²) >= 11 is 6.10. The van der Waals surface area contributed by atoms with Gasteiger partial charge in [-0.15, -0.1) is 0 Å². The lowest BCUT2D eigenvalue weighted by atomic mass is 10.1. The zero-order chi connectivity index (χ0) is 13.0. The number of rotatable bonds is 4. The molecule has 0 aliphatic carbocycles. The lowest BCUT2D eigenvalue weighted by molar-refractivity contribution is 0.477. The number of hydrogen-bond acceptors (Lipinski definition) is 2. The van der Waals surface area contributed by atoms with Crippen molar-refractivity contribution < 1.29 is 9.13 Å². The summed E-state index contributed by atoms with van der Waals surface area (Å²) in [5.74, 6) is 0.579. The molecule has 0 heterocycles. The van der Waals surface area contributed by atoms with Crippen molar-refractivity contribution in [2.45, 2.75) is 6.42 Å². The molecule has 0 unspecified atom stereocenters. The van der Waals surface area contributed by atoms with Gasteiger partial charge < -0.3 is 10.5 Å². The average molecular weight is 266 g/mol. The molecular weight excluding hydrogens is 253 g/mol. The summed E-state index contributed by atoms with van der Waals surface area (Å²) in [6.45, 7) is 0.570. The van der Waals surface area contributed by atoms with Crippen molar-refractivity contribution in [3.05, 3.63) is 58.9 Å². The highest BCUT2D eigenvalue weighted by molar-refractivity contribution is 6.32. The van der Waals surface area contributed by atoms with Gasteiger partial charge in [-0.1, -0.05) is 23.7 Å². The van der Waals surface area contributed by atoms with Crippen LogP contribution in [-0.2, 0) is 6.42 Å². The predicted octanol–water partition coefficient (Wildman–Crippen LogP) is 3.77. The van der Waals surface area contributed by atoms with Crippen molar-refractivity contribution in [1.29, 1.82) is 0 Å². The van der Waals surface area contributed by atoms with Crippen LogP contribution in [0, 0.1) is 5.82 Å². The third kappa shape index (κ3) is 3.22. The van der Waals surface area contributed by atoms with Gasteiger partial charge in [0.1, 0.15) is 17.3 Å². The molecule has 0 aliphatic rings. The molecule has 2 rings (SSSR count). The van der Waals surface area contributed by atoms with E-state index in [-0.39, 0.29) is 5.82 Å². The van der Waals surface area contributed by atoms with Gasteiger partial charge in [0.2, 0.25) is 0 Å². The van der Waals surface area contributed by atoms with Gasteiger partial charge >= 0.3 is 0 Å². The fourth-order valence-electron chi connectivity index (χ4n) is 1.61. The predicted molar refractivity (Wildman–Crippen MR) is 70.7 cm³/mol. The van der Waals surface area contributed by atoms with Crippen LogP contribution in [0.25, 0.3) is 0 Å². The largest absolute Gasteiger partial charge is 0.456 e. The van der Waals surface area contributed by atoms with Crippen LogP contribution in [0.5, 0.6) is 11.5 Å². The molecule has 2 N–H and O–H groups in total. The Labute approximate surface area is 110 Å². The van der Waals surface area contributed by atoms with Gasteiger partial charge in [0.15, 0.2) is 0 Å². The van der Waals surface area contributed by atoms with Gasteiger partial charge in [-0.2, -0.15) is 0 Å². The van der Waals surface area contributed by atoms with Crippen molar-refractivity contribution in [2.24, 2.45) is 5.73 Å². The minimum atomic E-state index is -0.344. The quantitative estimate of drug-likeness (QED) is 0.913. The second-order valence-corrected chi connectivity index (χ2v) is 4.27. The standard InChI is InChI=1S/C14H13ClFNO/c15-13-8-10(6-7-17)4-5-14(13)18-12-3-1-2-11(16)9-12/h1-5,8-9H,6-7,17H2. The fourth-order valence-corrected chi connectivity index (χ4v) is 1.85. The maximum Gasteiger partial charge on any atom is 0.146 e. The number of hydrogen-bond donors (Lipinski definition) is 1. The molecule has 0 aliphatic heterocycles. The zero-order valence-corrected chi connectivity index (χ0v) is 10.5. The lowest BCUT2D eigenvalue weighted by Gasteiger charge is -2.09. The van der Waals surface area contributed by atoms with Crippen molar-refractivity contribution >= 4 is 11.6 Å². The van der Waals surface area contributed by atoms with Crippen molar-refractivity contribution in [3.63, 3.8) is 0 Å². The highest BCUT2D eigenvalue weighted by Crippen LogP contribution is 2.30. The van der Waals surface area contributed by atoms with E-state index in [9.17, 15) is 4.39 Å². The van der Waals surface area contributed by atoms with Crippen LogP contribution >= 0.6 is 11.6 Å². The maximum atomic E-state index is 13.0. The van der Waals surface area contributed by atoms with Gasteiger partial charge in [-0.25, -0.2) is 4.39 Å². The van der Waals surface area contributed by atoms with E-state index in [1.807, 2.05) is 12.1 Å². The molecule has 0 atom stereocenters. The van der Waals surface area contributed by atoms with Gasteiger partial charge in [-0.05, 0) is 42.8 Å². The highest BCUT2D eigenvalue weighted by Gasteiger charge is 2.05. The Morgan fingerprint density at radius 2 is 2.00 bits per heavy atom. The molecule has 2 aromatic carbocycles. The van der Waals surface area contributed by atoms with Gasteiger partial charge in [0, 0.05) is 6.07 Å².